The number of nitrogens with one attached hydrogen (secondary N) is 2. The molecule has 1 saturated carbocycles. The molecule has 0 aromatic carbocycles. The van der Waals surface area contributed by atoms with Crippen LogP contribution in [0.3, 0.4) is 0 Å². The Morgan fingerprint density at radius 3 is 2.43 bits per heavy atom. The number of rotatable bonds is 9. The standard InChI is InChI=1S/C16H33N3O.HI/c1-4-7-9-14(5-2)12-18-15(17-6-3)19-13-16(20)10-8-11-16;/h14,20H,4-13H2,1-3H3,(H2,17,18,19);1H. The highest BCUT2D eigenvalue weighted by molar-refractivity contribution is 14.0. The third-order valence-electron chi connectivity index (χ3n) is 4.26. The average molecular weight is 411 g/mol. The second-order valence-electron chi connectivity index (χ2n) is 6.07. The number of hydrogen-bond donors (Lipinski definition) is 3. The molecule has 0 aromatic rings. The SMILES string of the molecule is CCCCC(CC)CNC(=NCC1(O)CCC1)NCC.I. The van der Waals surface area contributed by atoms with Gasteiger partial charge in [-0.2, -0.15) is 0 Å². The molecule has 21 heavy (non-hydrogen) atoms. The Balaban J connectivity index is 0.00000400. The summed E-state index contributed by atoms with van der Waals surface area (Å²) >= 11 is 0. The van der Waals surface area contributed by atoms with Crippen LogP contribution in [0.5, 0.6) is 0 Å². The average Bonchev–Trinajstić information content (AvgIpc) is 2.42. The fourth-order valence-electron chi connectivity index (χ4n) is 2.50. The molecule has 0 aromatic heterocycles. The highest BCUT2D eigenvalue weighted by Gasteiger charge is 2.34. The molecule has 1 rings (SSSR count). The molecule has 0 aliphatic heterocycles. The number of unbranched alkanes of at least 4 members (excludes halogenated alkanes) is 1. The second kappa shape index (κ2) is 11.5. The van der Waals surface area contributed by atoms with Gasteiger partial charge in [0.15, 0.2) is 5.96 Å². The van der Waals surface area contributed by atoms with E-state index in [2.05, 4.69) is 36.4 Å². The molecule has 0 spiro atoms. The van der Waals surface area contributed by atoms with Gasteiger partial charge >= 0.3 is 0 Å². The highest BCUT2D eigenvalue weighted by Crippen LogP contribution is 2.31. The summed E-state index contributed by atoms with van der Waals surface area (Å²) in [6, 6.07) is 0. The monoisotopic (exact) mass is 411 g/mol. The first-order chi connectivity index (χ1) is 9.63. The first-order valence-corrected chi connectivity index (χ1v) is 8.38. The molecule has 1 aliphatic rings. The molecule has 0 amide bonds. The van der Waals surface area contributed by atoms with Gasteiger partial charge in [-0.05, 0) is 38.5 Å². The van der Waals surface area contributed by atoms with Crippen molar-refractivity contribution in [2.75, 3.05) is 19.6 Å². The van der Waals surface area contributed by atoms with Crippen molar-refractivity contribution in [3.63, 3.8) is 0 Å². The summed E-state index contributed by atoms with van der Waals surface area (Å²) < 4.78 is 0. The van der Waals surface area contributed by atoms with E-state index in [-0.39, 0.29) is 24.0 Å². The molecule has 126 valence electrons. The number of hydrogen-bond acceptors (Lipinski definition) is 2. The van der Waals surface area contributed by atoms with Crippen LogP contribution in [0.15, 0.2) is 4.99 Å². The molecule has 1 aliphatic carbocycles. The van der Waals surface area contributed by atoms with Gasteiger partial charge < -0.3 is 15.7 Å². The van der Waals surface area contributed by atoms with Gasteiger partial charge in [0.25, 0.3) is 0 Å². The molecule has 3 N–H and O–H groups in total. The van der Waals surface area contributed by atoms with E-state index >= 15 is 0 Å². The lowest BCUT2D eigenvalue weighted by Crippen LogP contribution is -2.44. The van der Waals surface area contributed by atoms with Crippen molar-refractivity contribution >= 4 is 29.9 Å². The molecule has 1 fully saturated rings. The normalized spacial score (nSPS) is 18.4. The minimum Gasteiger partial charge on any atom is -0.388 e. The fraction of sp³-hybridized carbons (Fsp3) is 0.938. The van der Waals surface area contributed by atoms with Crippen molar-refractivity contribution in [3.05, 3.63) is 0 Å². The molecule has 5 heteroatoms. The van der Waals surface area contributed by atoms with Crippen LogP contribution in [0.1, 0.15) is 65.7 Å². The van der Waals surface area contributed by atoms with E-state index in [1.807, 2.05) is 0 Å². The summed E-state index contributed by atoms with van der Waals surface area (Å²) in [5.41, 5.74) is -0.533. The lowest BCUT2D eigenvalue weighted by Gasteiger charge is -2.35. The third-order valence-corrected chi connectivity index (χ3v) is 4.26. The maximum absolute atomic E-state index is 10.1. The van der Waals surface area contributed by atoms with Gasteiger partial charge in [-0.25, -0.2) is 0 Å². The van der Waals surface area contributed by atoms with E-state index in [0.29, 0.717) is 12.5 Å². The molecule has 1 unspecified atom stereocenters. The molecule has 0 bridgehead atoms. The van der Waals surface area contributed by atoms with Crippen LogP contribution in [0.4, 0.5) is 0 Å². The Morgan fingerprint density at radius 2 is 1.95 bits per heavy atom. The summed E-state index contributed by atoms with van der Waals surface area (Å²) in [5, 5.41) is 16.8. The van der Waals surface area contributed by atoms with E-state index in [0.717, 1.165) is 38.3 Å². The highest BCUT2D eigenvalue weighted by atomic mass is 127. The van der Waals surface area contributed by atoms with Gasteiger partial charge in [-0.3, -0.25) is 4.99 Å². The van der Waals surface area contributed by atoms with Crippen molar-refractivity contribution in [2.45, 2.75) is 71.3 Å². The smallest absolute Gasteiger partial charge is 0.191 e. The van der Waals surface area contributed by atoms with E-state index in [1.165, 1.54) is 25.7 Å². The summed E-state index contributed by atoms with van der Waals surface area (Å²) in [4.78, 5) is 4.54. The molecular weight excluding hydrogens is 377 g/mol. The molecule has 0 radical (unpaired) electrons. The van der Waals surface area contributed by atoms with Crippen molar-refractivity contribution in [2.24, 2.45) is 10.9 Å². The number of halogens is 1. The molecule has 4 nitrogen and oxygen atoms in total. The zero-order valence-corrected chi connectivity index (χ0v) is 16.3. The summed E-state index contributed by atoms with van der Waals surface area (Å²) in [6.45, 7) is 8.92. The Kier molecular flexibility index (Phi) is 11.5. The number of guanidine groups is 1. The van der Waals surface area contributed by atoms with Crippen LogP contribution in [-0.2, 0) is 0 Å². The van der Waals surface area contributed by atoms with Gasteiger partial charge in [0.1, 0.15) is 0 Å². The number of nitrogens with zero attached hydrogens (tertiary/aromatic N) is 1. The van der Waals surface area contributed by atoms with Crippen LogP contribution >= 0.6 is 24.0 Å². The van der Waals surface area contributed by atoms with Gasteiger partial charge in [0.05, 0.1) is 12.1 Å². The largest absolute Gasteiger partial charge is 0.388 e. The van der Waals surface area contributed by atoms with Crippen molar-refractivity contribution in [3.8, 4) is 0 Å². The Labute approximate surface area is 147 Å². The summed E-state index contributed by atoms with van der Waals surface area (Å²) in [7, 11) is 0. The lowest BCUT2D eigenvalue weighted by atomic mass is 9.80. The number of aliphatic hydroxyl groups is 1. The van der Waals surface area contributed by atoms with E-state index in [4.69, 9.17) is 0 Å². The van der Waals surface area contributed by atoms with E-state index in [9.17, 15) is 5.11 Å². The Morgan fingerprint density at radius 1 is 1.24 bits per heavy atom. The van der Waals surface area contributed by atoms with Gasteiger partial charge in [-0.15, -0.1) is 24.0 Å². The second-order valence-corrected chi connectivity index (χ2v) is 6.07. The van der Waals surface area contributed by atoms with Crippen molar-refractivity contribution < 1.29 is 5.11 Å². The lowest BCUT2D eigenvalue weighted by molar-refractivity contribution is -0.0236. The first kappa shape index (κ1) is 21.0. The third kappa shape index (κ3) is 8.24. The molecule has 0 saturated heterocycles. The predicted octanol–water partition coefficient (Wildman–Crippen LogP) is 3.29. The maximum Gasteiger partial charge on any atom is 0.191 e. The van der Waals surface area contributed by atoms with Gasteiger partial charge in [0, 0.05) is 13.1 Å². The molecule has 0 heterocycles. The van der Waals surface area contributed by atoms with Crippen LogP contribution in [0.2, 0.25) is 0 Å². The zero-order chi connectivity index (χ0) is 14.8. The summed E-state index contributed by atoms with van der Waals surface area (Å²) in [6.07, 6.45) is 7.96. The topological polar surface area (TPSA) is 56.7 Å². The maximum atomic E-state index is 10.1. The van der Waals surface area contributed by atoms with Crippen molar-refractivity contribution in [1.82, 2.24) is 10.6 Å². The van der Waals surface area contributed by atoms with Crippen LogP contribution in [0, 0.1) is 5.92 Å². The van der Waals surface area contributed by atoms with Gasteiger partial charge in [-0.1, -0.05) is 33.1 Å². The van der Waals surface area contributed by atoms with Crippen LogP contribution in [-0.4, -0.2) is 36.3 Å². The predicted molar refractivity (Wildman–Crippen MR) is 102 cm³/mol. The van der Waals surface area contributed by atoms with Crippen molar-refractivity contribution in [1.29, 1.82) is 0 Å². The number of aliphatic imine (C=N–C) groups is 1. The molecular formula is C16H34IN3O. The fourth-order valence-corrected chi connectivity index (χ4v) is 2.50. The quantitative estimate of drug-likeness (QED) is 0.310. The zero-order valence-electron chi connectivity index (χ0n) is 14.0. The summed E-state index contributed by atoms with van der Waals surface area (Å²) in [5.74, 6) is 1.56. The van der Waals surface area contributed by atoms with Gasteiger partial charge in [0.2, 0.25) is 0 Å². The van der Waals surface area contributed by atoms with Crippen LogP contribution < -0.4 is 10.6 Å². The minimum atomic E-state index is -0.533. The molecule has 1 atom stereocenters. The minimum absolute atomic E-state index is 0. The van der Waals surface area contributed by atoms with E-state index < -0.39 is 5.60 Å². The Hall–Kier alpha value is -0.0400. The first-order valence-electron chi connectivity index (χ1n) is 8.38. The van der Waals surface area contributed by atoms with Crippen LogP contribution in [0.25, 0.3) is 0 Å². The van der Waals surface area contributed by atoms with E-state index in [1.54, 1.807) is 0 Å². The Bertz CT molecular complexity index is 293.